The molecular weight excluding hydrogens is 272 g/mol. The van der Waals surface area contributed by atoms with E-state index in [1.54, 1.807) is 0 Å². The Bertz CT molecular complexity index is 384. The third kappa shape index (κ3) is 10.6. The second-order valence-corrected chi connectivity index (χ2v) is 11.8. The Morgan fingerprint density at radius 2 is 1.67 bits per heavy atom. The van der Waals surface area contributed by atoms with Gasteiger partial charge in [-0.1, -0.05) is 40.5 Å². The molecule has 0 amide bonds. The Balaban J connectivity index is 3.80. The van der Waals surface area contributed by atoms with Crippen LogP contribution in [0.3, 0.4) is 0 Å². The van der Waals surface area contributed by atoms with Crippen LogP contribution in [-0.2, 0) is 4.43 Å². The topological polar surface area (TPSA) is 9.23 Å². The van der Waals surface area contributed by atoms with Gasteiger partial charge in [-0.2, -0.15) is 0 Å². The van der Waals surface area contributed by atoms with E-state index in [0.29, 0.717) is 6.61 Å². The van der Waals surface area contributed by atoms with Gasteiger partial charge in [0.05, 0.1) is 6.61 Å². The zero-order chi connectivity index (χ0) is 16.2. The second-order valence-electron chi connectivity index (χ2n) is 7.00. The van der Waals surface area contributed by atoms with Gasteiger partial charge in [0.2, 0.25) is 0 Å². The average molecular weight is 307 g/mol. The third-order valence-corrected chi connectivity index (χ3v) is 8.51. The van der Waals surface area contributed by atoms with Gasteiger partial charge in [-0.15, -0.1) is 17.6 Å². The van der Waals surface area contributed by atoms with Gasteiger partial charge in [-0.25, -0.2) is 0 Å². The van der Waals surface area contributed by atoms with Crippen molar-refractivity contribution < 1.29 is 4.43 Å². The second kappa shape index (κ2) is 10.9. The Morgan fingerprint density at radius 1 is 1.00 bits per heavy atom. The Hall–Kier alpha value is -0.743. The lowest BCUT2D eigenvalue weighted by Gasteiger charge is -2.35. The zero-order valence-corrected chi connectivity index (χ0v) is 16.0. The predicted molar refractivity (Wildman–Crippen MR) is 97.0 cm³/mol. The maximum atomic E-state index is 6.05. The summed E-state index contributed by atoms with van der Waals surface area (Å²) < 4.78 is 6.05. The van der Waals surface area contributed by atoms with Gasteiger partial charge in [0.15, 0.2) is 8.32 Å². The SMILES string of the molecule is CCCCCC#CCCC=C=CCO[Si](C)(C)C(C)(C)C. The van der Waals surface area contributed by atoms with Crippen molar-refractivity contribution in [3.63, 3.8) is 0 Å². The summed E-state index contributed by atoms with van der Waals surface area (Å²) in [7, 11) is -1.61. The van der Waals surface area contributed by atoms with Crippen molar-refractivity contribution in [2.45, 2.75) is 84.4 Å². The summed E-state index contributed by atoms with van der Waals surface area (Å²) in [5, 5.41) is 0.276. The molecule has 0 saturated heterocycles. The molecular formula is C19H34OSi. The average Bonchev–Trinajstić information content (AvgIpc) is 2.38. The van der Waals surface area contributed by atoms with Gasteiger partial charge >= 0.3 is 0 Å². The van der Waals surface area contributed by atoms with Gasteiger partial charge < -0.3 is 4.43 Å². The van der Waals surface area contributed by atoms with Gasteiger partial charge in [-0.3, -0.25) is 0 Å². The van der Waals surface area contributed by atoms with E-state index in [4.69, 9.17) is 4.43 Å². The fourth-order valence-corrected chi connectivity index (χ4v) is 2.40. The summed E-state index contributed by atoms with van der Waals surface area (Å²) in [5.74, 6) is 6.45. The Morgan fingerprint density at radius 3 is 2.29 bits per heavy atom. The molecule has 0 atom stereocenters. The molecule has 0 N–H and O–H groups in total. The van der Waals surface area contributed by atoms with E-state index in [2.05, 4.69) is 64.4 Å². The summed E-state index contributed by atoms with van der Waals surface area (Å²) >= 11 is 0. The first kappa shape index (κ1) is 20.3. The highest BCUT2D eigenvalue weighted by Gasteiger charge is 2.36. The smallest absolute Gasteiger partial charge is 0.192 e. The van der Waals surface area contributed by atoms with E-state index in [9.17, 15) is 0 Å². The molecule has 0 aromatic rings. The first-order valence-electron chi connectivity index (χ1n) is 8.30. The van der Waals surface area contributed by atoms with Crippen LogP contribution in [0.2, 0.25) is 18.1 Å². The highest BCUT2D eigenvalue weighted by molar-refractivity contribution is 6.74. The first-order valence-corrected chi connectivity index (χ1v) is 11.2. The number of hydrogen-bond donors (Lipinski definition) is 0. The lowest BCUT2D eigenvalue weighted by Crippen LogP contribution is -2.40. The molecule has 0 aromatic carbocycles. The van der Waals surface area contributed by atoms with Crippen LogP contribution in [0.25, 0.3) is 0 Å². The lowest BCUT2D eigenvalue weighted by molar-refractivity contribution is 0.328. The van der Waals surface area contributed by atoms with E-state index in [1.165, 1.54) is 19.3 Å². The molecule has 2 heteroatoms. The van der Waals surface area contributed by atoms with Gasteiger partial charge in [0.1, 0.15) is 0 Å². The number of unbranched alkanes of at least 4 members (excludes halogenated alkanes) is 4. The monoisotopic (exact) mass is 306 g/mol. The summed E-state index contributed by atoms with van der Waals surface area (Å²) in [6.45, 7) is 14.2. The summed E-state index contributed by atoms with van der Waals surface area (Å²) in [4.78, 5) is 0. The normalized spacial score (nSPS) is 11.3. The van der Waals surface area contributed by atoms with E-state index in [0.717, 1.165) is 19.3 Å². The van der Waals surface area contributed by atoms with Crippen LogP contribution >= 0.6 is 0 Å². The standard InChI is InChI=1S/C19H34OSi/c1-7-8-9-10-11-12-13-14-15-16-17-18-20-21(5,6)19(2,3)4/h15,17H,7-10,13-14,18H2,1-6H3. The number of rotatable bonds is 8. The maximum Gasteiger partial charge on any atom is 0.192 e. The fraction of sp³-hybridized carbons (Fsp3) is 0.737. The third-order valence-electron chi connectivity index (χ3n) is 4.01. The van der Waals surface area contributed by atoms with E-state index in [-0.39, 0.29) is 5.04 Å². The van der Waals surface area contributed by atoms with Crippen LogP contribution in [-0.4, -0.2) is 14.9 Å². The molecule has 1 nitrogen and oxygen atoms in total. The molecule has 0 fully saturated rings. The van der Waals surface area contributed by atoms with Crippen molar-refractivity contribution in [3.05, 3.63) is 17.9 Å². The van der Waals surface area contributed by atoms with Crippen molar-refractivity contribution in [3.8, 4) is 11.8 Å². The molecule has 0 aromatic heterocycles. The highest BCUT2D eigenvalue weighted by Crippen LogP contribution is 2.36. The largest absolute Gasteiger partial charge is 0.413 e. The van der Waals surface area contributed by atoms with Crippen molar-refractivity contribution >= 4 is 8.32 Å². The molecule has 0 rings (SSSR count). The molecule has 0 aliphatic rings. The van der Waals surface area contributed by atoms with Crippen LogP contribution < -0.4 is 0 Å². The molecule has 0 bridgehead atoms. The van der Waals surface area contributed by atoms with E-state index < -0.39 is 8.32 Å². The van der Waals surface area contributed by atoms with Crippen LogP contribution in [0.4, 0.5) is 0 Å². The minimum absolute atomic E-state index is 0.276. The molecule has 0 saturated carbocycles. The maximum absolute atomic E-state index is 6.05. The van der Waals surface area contributed by atoms with Gasteiger partial charge in [-0.05, 0) is 43.1 Å². The summed E-state index contributed by atoms with van der Waals surface area (Å²) in [6, 6.07) is 0. The number of hydrogen-bond acceptors (Lipinski definition) is 1. The van der Waals surface area contributed by atoms with E-state index in [1.807, 2.05) is 6.08 Å². The van der Waals surface area contributed by atoms with Crippen LogP contribution in [0.15, 0.2) is 17.9 Å². The van der Waals surface area contributed by atoms with Crippen molar-refractivity contribution in [1.29, 1.82) is 0 Å². The molecule has 0 spiro atoms. The summed E-state index contributed by atoms with van der Waals surface area (Å²) in [5.41, 5.74) is 3.20. The van der Waals surface area contributed by atoms with E-state index >= 15 is 0 Å². The van der Waals surface area contributed by atoms with Gasteiger partial charge in [0, 0.05) is 12.8 Å². The summed E-state index contributed by atoms with van der Waals surface area (Å²) in [6.07, 6.45) is 10.8. The van der Waals surface area contributed by atoms with Gasteiger partial charge in [0.25, 0.3) is 0 Å². The highest BCUT2D eigenvalue weighted by atomic mass is 28.4. The molecule has 120 valence electrons. The fourth-order valence-electron chi connectivity index (χ4n) is 1.47. The van der Waals surface area contributed by atoms with Crippen LogP contribution in [0, 0.1) is 11.8 Å². The molecule has 21 heavy (non-hydrogen) atoms. The lowest BCUT2D eigenvalue weighted by atomic mass is 10.2. The predicted octanol–water partition coefficient (Wildman–Crippen LogP) is 6.08. The molecule has 0 heterocycles. The quantitative estimate of drug-likeness (QED) is 0.228. The molecule has 0 radical (unpaired) electrons. The molecule has 0 aliphatic heterocycles. The van der Waals surface area contributed by atoms with Crippen LogP contribution in [0.1, 0.15) is 66.2 Å². The molecule has 0 aliphatic carbocycles. The van der Waals surface area contributed by atoms with Crippen molar-refractivity contribution in [1.82, 2.24) is 0 Å². The minimum atomic E-state index is -1.61. The van der Waals surface area contributed by atoms with Crippen LogP contribution in [0.5, 0.6) is 0 Å². The van der Waals surface area contributed by atoms with Crippen molar-refractivity contribution in [2.24, 2.45) is 0 Å². The zero-order valence-electron chi connectivity index (χ0n) is 15.0. The first-order chi connectivity index (χ1) is 9.81. The molecule has 0 unspecified atom stereocenters. The van der Waals surface area contributed by atoms with Crippen molar-refractivity contribution in [2.75, 3.05) is 6.61 Å². The Labute approximate surface area is 134 Å². The Kier molecular flexibility index (Phi) is 10.5. The minimum Gasteiger partial charge on any atom is -0.413 e.